The van der Waals surface area contributed by atoms with E-state index in [1.807, 2.05) is 24.3 Å². The molecule has 0 aliphatic heterocycles. The SMILES string of the molecule is COC(=O)c1cc2cc(OCc3ccc(OC)cc3)c(N)nc2cc1F. The summed E-state index contributed by atoms with van der Waals surface area (Å²) in [6.07, 6.45) is 0. The summed E-state index contributed by atoms with van der Waals surface area (Å²) in [4.78, 5) is 15.8. The van der Waals surface area contributed by atoms with E-state index in [0.717, 1.165) is 17.4 Å². The number of fused-ring (bicyclic) bond motifs is 1. The number of nitrogen functional groups attached to an aromatic ring is 1. The molecule has 0 spiro atoms. The maximum Gasteiger partial charge on any atom is 0.340 e. The van der Waals surface area contributed by atoms with E-state index in [9.17, 15) is 9.18 Å². The quantitative estimate of drug-likeness (QED) is 0.706. The number of aromatic nitrogens is 1. The first-order valence-electron chi connectivity index (χ1n) is 7.75. The molecule has 2 N–H and O–H groups in total. The lowest BCUT2D eigenvalue weighted by atomic mass is 10.1. The number of pyridine rings is 1. The number of anilines is 1. The van der Waals surface area contributed by atoms with Gasteiger partial charge in [-0.2, -0.15) is 0 Å². The zero-order valence-corrected chi connectivity index (χ0v) is 14.3. The van der Waals surface area contributed by atoms with Crippen LogP contribution in [0, 0.1) is 5.82 Å². The molecule has 0 atom stereocenters. The highest BCUT2D eigenvalue weighted by Crippen LogP contribution is 2.28. The van der Waals surface area contributed by atoms with E-state index >= 15 is 0 Å². The molecule has 0 saturated heterocycles. The lowest BCUT2D eigenvalue weighted by Gasteiger charge is -2.11. The first-order chi connectivity index (χ1) is 12.5. The van der Waals surface area contributed by atoms with Crippen molar-refractivity contribution in [1.82, 2.24) is 4.98 Å². The van der Waals surface area contributed by atoms with Crippen LogP contribution in [0.4, 0.5) is 10.2 Å². The fourth-order valence-electron chi connectivity index (χ4n) is 2.46. The molecule has 0 amide bonds. The van der Waals surface area contributed by atoms with E-state index in [1.54, 1.807) is 13.2 Å². The van der Waals surface area contributed by atoms with Gasteiger partial charge in [-0.05, 0) is 29.8 Å². The third-order valence-electron chi connectivity index (χ3n) is 3.86. The lowest BCUT2D eigenvalue weighted by molar-refractivity contribution is 0.0595. The van der Waals surface area contributed by atoms with Gasteiger partial charge in [0.2, 0.25) is 0 Å². The minimum Gasteiger partial charge on any atom is -0.497 e. The van der Waals surface area contributed by atoms with Crippen LogP contribution in [-0.4, -0.2) is 25.2 Å². The van der Waals surface area contributed by atoms with Crippen molar-refractivity contribution < 1.29 is 23.4 Å². The van der Waals surface area contributed by atoms with Crippen LogP contribution in [-0.2, 0) is 11.3 Å². The molecule has 0 saturated carbocycles. The summed E-state index contributed by atoms with van der Waals surface area (Å²) < 4.78 is 29.4. The van der Waals surface area contributed by atoms with Gasteiger partial charge in [0.1, 0.15) is 18.2 Å². The topological polar surface area (TPSA) is 83.7 Å². The van der Waals surface area contributed by atoms with Crippen LogP contribution in [0.2, 0.25) is 0 Å². The molecule has 7 heteroatoms. The Bertz CT molecular complexity index is 958. The number of nitrogens with two attached hydrogens (primary N) is 1. The molecule has 0 radical (unpaired) electrons. The molecule has 0 fully saturated rings. The number of ether oxygens (including phenoxy) is 3. The van der Waals surface area contributed by atoms with Gasteiger partial charge in [0.05, 0.1) is 25.3 Å². The second-order valence-electron chi connectivity index (χ2n) is 5.52. The third kappa shape index (κ3) is 3.51. The number of carbonyl (C=O) groups is 1. The van der Waals surface area contributed by atoms with E-state index in [-0.39, 0.29) is 18.0 Å². The summed E-state index contributed by atoms with van der Waals surface area (Å²) in [5.74, 6) is -0.255. The third-order valence-corrected chi connectivity index (χ3v) is 3.86. The number of carbonyl (C=O) groups excluding carboxylic acids is 1. The number of benzene rings is 2. The average Bonchev–Trinajstić information content (AvgIpc) is 2.66. The van der Waals surface area contributed by atoms with Gasteiger partial charge in [-0.3, -0.25) is 0 Å². The van der Waals surface area contributed by atoms with Crippen molar-refractivity contribution in [1.29, 1.82) is 0 Å². The molecular weight excluding hydrogens is 339 g/mol. The molecule has 6 nitrogen and oxygen atoms in total. The maximum atomic E-state index is 14.0. The predicted molar refractivity (Wildman–Crippen MR) is 94.8 cm³/mol. The van der Waals surface area contributed by atoms with Crippen molar-refractivity contribution in [2.24, 2.45) is 0 Å². The van der Waals surface area contributed by atoms with E-state index in [2.05, 4.69) is 9.72 Å². The first-order valence-corrected chi connectivity index (χ1v) is 7.75. The Balaban J connectivity index is 1.88. The highest BCUT2D eigenvalue weighted by molar-refractivity contribution is 5.95. The number of hydrogen-bond donors (Lipinski definition) is 1. The normalized spacial score (nSPS) is 10.6. The lowest BCUT2D eigenvalue weighted by Crippen LogP contribution is -2.05. The standard InChI is InChI=1S/C19H17FN2O4/c1-24-13-5-3-11(4-6-13)10-26-17-8-12-7-14(19(23)25-2)15(20)9-16(12)22-18(17)21/h3-9H,10H2,1-2H3,(H2,21,22). The largest absolute Gasteiger partial charge is 0.497 e. The monoisotopic (exact) mass is 356 g/mol. The number of hydrogen-bond acceptors (Lipinski definition) is 6. The summed E-state index contributed by atoms with van der Waals surface area (Å²) >= 11 is 0. The molecule has 1 heterocycles. The Hall–Kier alpha value is -3.35. The van der Waals surface area contributed by atoms with E-state index in [0.29, 0.717) is 16.7 Å². The van der Waals surface area contributed by atoms with Gasteiger partial charge in [-0.25, -0.2) is 14.2 Å². The summed E-state index contributed by atoms with van der Waals surface area (Å²) in [5, 5.41) is 0.519. The van der Waals surface area contributed by atoms with Gasteiger partial charge < -0.3 is 19.9 Å². The summed E-state index contributed by atoms with van der Waals surface area (Å²) in [6, 6.07) is 11.5. The summed E-state index contributed by atoms with van der Waals surface area (Å²) in [5.41, 5.74) is 6.97. The van der Waals surface area contributed by atoms with Crippen molar-refractivity contribution >= 4 is 22.7 Å². The molecule has 0 aliphatic rings. The zero-order valence-electron chi connectivity index (χ0n) is 14.3. The van der Waals surface area contributed by atoms with Crippen molar-refractivity contribution in [3.05, 3.63) is 59.4 Å². The Morgan fingerprint density at radius 3 is 2.54 bits per heavy atom. The van der Waals surface area contributed by atoms with Crippen molar-refractivity contribution in [2.45, 2.75) is 6.61 Å². The maximum absolute atomic E-state index is 14.0. The second kappa shape index (κ2) is 7.26. The van der Waals surface area contributed by atoms with Crippen molar-refractivity contribution in [3.8, 4) is 11.5 Å². The second-order valence-corrected chi connectivity index (χ2v) is 5.52. The van der Waals surface area contributed by atoms with Gasteiger partial charge in [-0.15, -0.1) is 0 Å². The molecule has 134 valence electrons. The Morgan fingerprint density at radius 2 is 1.88 bits per heavy atom. The molecule has 0 aliphatic carbocycles. The van der Waals surface area contributed by atoms with E-state index in [1.165, 1.54) is 13.2 Å². The van der Waals surface area contributed by atoms with Gasteiger partial charge in [0, 0.05) is 11.5 Å². The van der Waals surface area contributed by atoms with Crippen LogP contribution in [0.1, 0.15) is 15.9 Å². The molecule has 0 bridgehead atoms. The minimum atomic E-state index is -0.762. The number of halogens is 1. The number of esters is 1. The van der Waals surface area contributed by atoms with E-state index in [4.69, 9.17) is 15.2 Å². The highest BCUT2D eigenvalue weighted by Gasteiger charge is 2.15. The Labute approximate surface area is 149 Å². The number of rotatable bonds is 5. The van der Waals surface area contributed by atoms with Crippen molar-refractivity contribution in [3.63, 3.8) is 0 Å². The minimum absolute atomic E-state index is 0.135. The van der Waals surface area contributed by atoms with Crippen LogP contribution >= 0.6 is 0 Å². The highest BCUT2D eigenvalue weighted by atomic mass is 19.1. The van der Waals surface area contributed by atoms with Crippen LogP contribution in [0.5, 0.6) is 11.5 Å². The van der Waals surface area contributed by atoms with E-state index < -0.39 is 11.8 Å². The predicted octanol–water partition coefficient (Wildman–Crippen LogP) is 3.33. The molecule has 3 aromatic rings. The van der Waals surface area contributed by atoms with Crippen LogP contribution in [0.3, 0.4) is 0 Å². The molecule has 1 aromatic heterocycles. The first kappa shape index (κ1) is 17.5. The van der Waals surface area contributed by atoms with Gasteiger partial charge in [0.15, 0.2) is 11.6 Å². The molecular formula is C19H17FN2O4. The number of methoxy groups -OCH3 is 2. The summed E-state index contributed by atoms with van der Waals surface area (Å²) in [6.45, 7) is 0.270. The van der Waals surface area contributed by atoms with Crippen LogP contribution in [0.25, 0.3) is 10.9 Å². The molecule has 0 unspecified atom stereocenters. The summed E-state index contributed by atoms with van der Waals surface area (Å²) in [7, 11) is 2.79. The Kier molecular flexibility index (Phi) is 4.88. The zero-order chi connectivity index (χ0) is 18.7. The van der Waals surface area contributed by atoms with Gasteiger partial charge in [-0.1, -0.05) is 12.1 Å². The van der Waals surface area contributed by atoms with Crippen molar-refractivity contribution in [2.75, 3.05) is 20.0 Å². The Morgan fingerprint density at radius 1 is 1.15 bits per heavy atom. The van der Waals surface area contributed by atoms with Gasteiger partial charge >= 0.3 is 5.97 Å². The van der Waals surface area contributed by atoms with Gasteiger partial charge in [0.25, 0.3) is 0 Å². The molecule has 2 aromatic carbocycles. The number of nitrogens with zero attached hydrogens (tertiary/aromatic N) is 1. The fraction of sp³-hybridized carbons (Fsp3) is 0.158. The average molecular weight is 356 g/mol. The smallest absolute Gasteiger partial charge is 0.340 e. The molecule has 3 rings (SSSR count). The molecule has 26 heavy (non-hydrogen) atoms. The van der Waals surface area contributed by atoms with Crippen LogP contribution < -0.4 is 15.2 Å². The fourth-order valence-corrected chi connectivity index (χ4v) is 2.46. The van der Waals surface area contributed by atoms with Crippen LogP contribution in [0.15, 0.2) is 42.5 Å².